The third-order valence-electron chi connectivity index (χ3n) is 3.89. The van der Waals surface area contributed by atoms with Crippen LogP contribution in [0.5, 0.6) is 0 Å². The highest BCUT2D eigenvalue weighted by Gasteiger charge is 2.22. The molecule has 1 aliphatic rings. The van der Waals surface area contributed by atoms with E-state index in [2.05, 4.69) is 94.8 Å². The van der Waals surface area contributed by atoms with E-state index in [1.807, 2.05) is 0 Å². The summed E-state index contributed by atoms with van der Waals surface area (Å²) in [6, 6.07) is 25.6. The second-order valence-corrected chi connectivity index (χ2v) is 6.12. The summed E-state index contributed by atoms with van der Waals surface area (Å²) in [5, 5.41) is 0. The van der Waals surface area contributed by atoms with Gasteiger partial charge < -0.3 is 0 Å². The molecule has 0 nitrogen and oxygen atoms in total. The molecule has 4 rings (SSSR count). The molecule has 21 heavy (non-hydrogen) atoms. The fourth-order valence-corrected chi connectivity index (χ4v) is 3.30. The zero-order valence-corrected chi connectivity index (χ0v) is 13.0. The van der Waals surface area contributed by atoms with Gasteiger partial charge in [0.15, 0.2) is 0 Å². The molecule has 0 fully saturated rings. The van der Waals surface area contributed by atoms with Gasteiger partial charge in [0.05, 0.1) is 0 Å². The molecule has 0 radical (unpaired) electrons. The van der Waals surface area contributed by atoms with Crippen molar-refractivity contribution in [2.24, 2.45) is 0 Å². The van der Waals surface area contributed by atoms with Gasteiger partial charge in [0.25, 0.3) is 0 Å². The number of hydrogen-bond donors (Lipinski definition) is 0. The first kappa shape index (κ1) is 12.6. The molecular formula is C20H13Br. The summed E-state index contributed by atoms with van der Waals surface area (Å²) in [6.07, 6.45) is 2.27. The van der Waals surface area contributed by atoms with Crippen LogP contribution in [0.25, 0.3) is 22.8 Å². The van der Waals surface area contributed by atoms with E-state index in [1.165, 1.54) is 33.4 Å². The Morgan fingerprint density at radius 1 is 0.619 bits per heavy atom. The predicted molar refractivity (Wildman–Crippen MR) is 93.0 cm³/mol. The largest absolute Gasteiger partial charge is 0.0622 e. The zero-order valence-electron chi connectivity index (χ0n) is 11.4. The van der Waals surface area contributed by atoms with Crippen molar-refractivity contribution in [3.63, 3.8) is 0 Å². The van der Waals surface area contributed by atoms with Gasteiger partial charge in [-0.05, 0) is 51.6 Å². The summed E-state index contributed by atoms with van der Waals surface area (Å²) in [6.45, 7) is 0. The van der Waals surface area contributed by atoms with Gasteiger partial charge in [0, 0.05) is 4.47 Å². The van der Waals surface area contributed by atoms with Gasteiger partial charge in [-0.2, -0.15) is 0 Å². The predicted octanol–water partition coefficient (Wildman–Crippen LogP) is 6.02. The third kappa shape index (κ3) is 2.14. The minimum atomic E-state index is 1.12. The van der Waals surface area contributed by atoms with Gasteiger partial charge in [-0.3, -0.25) is 0 Å². The highest BCUT2D eigenvalue weighted by Crippen LogP contribution is 2.45. The topological polar surface area (TPSA) is 0 Å². The van der Waals surface area contributed by atoms with Gasteiger partial charge in [0.2, 0.25) is 0 Å². The van der Waals surface area contributed by atoms with Crippen LogP contribution < -0.4 is 0 Å². The van der Waals surface area contributed by atoms with Crippen molar-refractivity contribution in [2.75, 3.05) is 0 Å². The number of benzene rings is 3. The van der Waals surface area contributed by atoms with E-state index in [4.69, 9.17) is 0 Å². The second kappa shape index (κ2) is 5.01. The van der Waals surface area contributed by atoms with Crippen LogP contribution in [0.1, 0.15) is 16.7 Å². The minimum absolute atomic E-state index is 1.12. The quantitative estimate of drug-likeness (QED) is 0.400. The van der Waals surface area contributed by atoms with E-state index in [1.54, 1.807) is 0 Å². The summed E-state index contributed by atoms with van der Waals surface area (Å²) in [5.41, 5.74) is 7.78. The molecule has 3 aromatic carbocycles. The Kier molecular flexibility index (Phi) is 3.01. The molecule has 1 aliphatic carbocycles. The van der Waals surface area contributed by atoms with E-state index in [9.17, 15) is 0 Å². The highest BCUT2D eigenvalue weighted by molar-refractivity contribution is 9.10. The van der Waals surface area contributed by atoms with Crippen LogP contribution in [-0.4, -0.2) is 0 Å². The fourth-order valence-electron chi connectivity index (χ4n) is 2.94. The Balaban J connectivity index is 1.99. The van der Waals surface area contributed by atoms with Gasteiger partial charge in [0.1, 0.15) is 0 Å². The molecule has 0 saturated carbocycles. The number of rotatable bonds is 1. The maximum Gasteiger partial charge on any atom is 0.0181 e. The molecule has 0 N–H and O–H groups in total. The first-order chi connectivity index (χ1) is 10.3. The molecule has 0 aliphatic heterocycles. The smallest absolute Gasteiger partial charge is 0.0181 e. The maximum absolute atomic E-state index is 3.60. The van der Waals surface area contributed by atoms with E-state index < -0.39 is 0 Å². The molecule has 3 aromatic rings. The molecule has 1 heteroatoms. The van der Waals surface area contributed by atoms with Crippen molar-refractivity contribution in [3.05, 3.63) is 94.0 Å². The minimum Gasteiger partial charge on any atom is -0.0622 e. The fraction of sp³-hybridized carbons (Fsp3) is 0. The van der Waals surface area contributed by atoms with Crippen LogP contribution >= 0.6 is 15.9 Å². The van der Waals surface area contributed by atoms with Gasteiger partial charge in [-0.15, -0.1) is 0 Å². The SMILES string of the molecule is Brc1ccc2c(c1)/C(=C\c1ccccc1)c1ccccc1-2. The first-order valence-corrected chi connectivity index (χ1v) is 7.79. The van der Waals surface area contributed by atoms with E-state index in [-0.39, 0.29) is 0 Å². The summed E-state index contributed by atoms with van der Waals surface area (Å²) < 4.78 is 1.12. The monoisotopic (exact) mass is 332 g/mol. The van der Waals surface area contributed by atoms with E-state index in [0.717, 1.165) is 4.47 Å². The Labute approximate surface area is 132 Å². The van der Waals surface area contributed by atoms with Crippen molar-refractivity contribution in [2.45, 2.75) is 0 Å². The van der Waals surface area contributed by atoms with Crippen LogP contribution in [0.2, 0.25) is 0 Å². The molecule has 0 atom stereocenters. The maximum atomic E-state index is 3.60. The highest BCUT2D eigenvalue weighted by atomic mass is 79.9. The van der Waals surface area contributed by atoms with Crippen LogP contribution in [0, 0.1) is 0 Å². The van der Waals surface area contributed by atoms with Crippen LogP contribution in [-0.2, 0) is 0 Å². The summed E-state index contributed by atoms with van der Waals surface area (Å²) >= 11 is 3.60. The lowest BCUT2D eigenvalue weighted by Crippen LogP contribution is -1.82. The molecule has 0 spiro atoms. The van der Waals surface area contributed by atoms with Crippen molar-refractivity contribution in [3.8, 4) is 11.1 Å². The number of halogens is 1. The van der Waals surface area contributed by atoms with E-state index >= 15 is 0 Å². The van der Waals surface area contributed by atoms with Crippen molar-refractivity contribution in [1.82, 2.24) is 0 Å². The van der Waals surface area contributed by atoms with Gasteiger partial charge in [-0.1, -0.05) is 76.6 Å². The lowest BCUT2D eigenvalue weighted by atomic mass is 10.0. The first-order valence-electron chi connectivity index (χ1n) is 6.99. The molecule has 0 amide bonds. The Bertz CT molecular complexity index is 845. The van der Waals surface area contributed by atoms with Crippen LogP contribution in [0.3, 0.4) is 0 Å². The standard InChI is InChI=1S/C20H13Br/c21-15-10-11-18-16-8-4-5-9-17(16)19(20(18)13-15)12-14-6-2-1-3-7-14/h1-13H/b19-12-. The van der Waals surface area contributed by atoms with Crippen molar-refractivity contribution >= 4 is 27.6 Å². The Hall–Kier alpha value is -2.12. The van der Waals surface area contributed by atoms with Crippen molar-refractivity contribution < 1.29 is 0 Å². The molecular weight excluding hydrogens is 320 g/mol. The Morgan fingerprint density at radius 3 is 2.10 bits per heavy atom. The van der Waals surface area contributed by atoms with Crippen LogP contribution in [0.4, 0.5) is 0 Å². The molecule has 100 valence electrons. The zero-order chi connectivity index (χ0) is 14.2. The molecule has 0 heterocycles. The molecule has 0 bridgehead atoms. The summed E-state index contributed by atoms with van der Waals surface area (Å²) in [4.78, 5) is 0. The summed E-state index contributed by atoms with van der Waals surface area (Å²) in [7, 11) is 0. The Morgan fingerprint density at radius 2 is 1.29 bits per heavy atom. The number of fused-ring (bicyclic) bond motifs is 3. The molecule has 0 unspecified atom stereocenters. The van der Waals surface area contributed by atoms with Gasteiger partial charge in [-0.25, -0.2) is 0 Å². The normalized spacial score (nSPS) is 14.0. The van der Waals surface area contributed by atoms with Gasteiger partial charge >= 0.3 is 0 Å². The second-order valence-electron chi connectivity index (χ2n) is 5.20. The van der Waals surface area contributed by atoms with Crippen molar-refractivity contribution in [1.29, 1.82) is 0 Å². The lowest BCUT2D eigenvalue weighted by Gasteiger charge is -2.04. The average Bonchev–Trinajstić information content (AvgIpc) is 2.82. The average molecular weight is 333 g/mol. The molecule has 0 saturated heterocycles. The lowest BCUT2D eigenvalue weighted by molar-refractivity contribution is 1.61. The third-order valence-corrected chi connectivity index (χ3v) is 4.38. The molecule has 0 aromatic heterocycles. The van der Waals surface area contributed by atoms with Crippen LogP contribution in [0.15, 0.2) is 77.3 Å². The van der Waals surface area contributed by atoms with E-state index in [0.29, 0.717) is 0 Å². The summed E-state index contributed by atoms with van der Waals surface area (Å²) in [5.74, 6) is 0. The number of hydrogen-bond acceptors (Lipinski definition) is 0.